The first-order valence-corrected chi connectivity index (χ1v) is 12.9. The second-order valence-corrected chi connectivity index (χ2v) is 9.65. The zero-order chi connectivity index (χ0) is 24.7. The van der Waals surface area contributed by atoms with Gasteiger partial charge in [0.1, 0.15) is 0 Å². The molecule has 3 aromatic carbocycles. The van der Waals surface area contributed by atoms with Crippen molar-refractivity contribution in [1.82, 2.24) is 4.90 Å². The lowest BCUT2D eigenvalue weighted by atomic mass is 9.99. The van der Waals surface area contributed by atoms with Crippen LogP contribution in [0.5, 0.6) is 0 Å². The molecule has 0 saturated carbocycles. The maximum Gasteiger partial charge on any atom is 0.255 e. The second-order valence-electron chi connectivity index (χ2n) is 9.65. The molecule has 3 aromatic rings. The Balaban J connectivity index is 1.30. The molecule has 2 aliphatic rings. The largest absolute Gasteiger partial charge is 0.392 e. The Hall–Kier alpha value is -3.03. The number of benzene rings is 3. The van der Waals surface area contributed by atoms with E-state index in [9.17, 15) is 9.90 Å². The van der Waals surface area contributed by atoms with Crippen LogP contribution in [-0.2, 0) is 16.1 Å². The molecular weight excluding hydrogens is 452 g/mol. The van der Waals surface area contributed by atoms with Crippen molar-refractivity contribution in [3.8, 4) is 0 Å². The third kappa shape index (κ3) is 6.20. The summed E-state index contributed by atoms with van der Waals surface area (Å²) in [6.07, 6.45) is 4.06. The first-order chi connectivity index (χ1) is 17.7. The first kappa shape index (κ1) is 24.7. The summed E-state index contributed by atoms with van der Waals surface area (Å²) >= 11 is 0. The van der Waals surface area contributed by atoms with Gasteiger partial charge in [-0.05, 0) is 61.3 Å². The van der Waals surface area contributed by atoms with E-state index < -0.39 is 6.29 Å². The minimum atomic E-state index is -0.491. The van der Waals surface area contributed by atoms with Crippen LogP contribution in [0.1, 0.15) is 65.1 Å². The Morgan fingerprint density at radius 3 is 2.25 bits per heavy atom. The molecule has 0 aliphatic carbocycles. The van der Waals surface area contributed by atoms with Crippen LogP contribution in [0.15, 0.2) is 78.9 Å². The van der Waals surface area contributed by atoms with E-state index in [4.69, 9.17) is 9.47 Å². The minimum absolute atomic E-state index is 0.0300. The maximum atomic E-state index is 12.5. The summed E-state index contributed by atoms with van der Waals surface area (Å²) < 4.78 is 12.9. The van der Waals surface area contributed by atoms with Crippen LogP contribution in [0, 0.1) is 0 Å². The van der Waals surface area contributed by atoms with E-state index in [0.29, 0.717) is 5.56 Å². The summed E-state index contributed by atoms with van der Waals surface area (Å²) in [5, 5.41) is 12.4. The molecule has 3 unspecified atom stereocenters. The zero-order valence-electron chi connectivity index (χ0n) is 20.5. The van der Waals surface area contributed by atoms with Gasteiger partial charge in [-0.3, -0.25) is 4.79 Å². The number of hydrogen-bond donors (Lipinski definition) is 2. The Morgan fingerprint density at radius 1 is 0.861 bits per heavy atom. The van der Waals surface area contributed by atoms with Crippen LogP contribution in [0.2, 0.25) is 0 Å². The third-order valence-electron chi connectivity index (χ3n) is 7.00. The van der Waals surface area contributed by atoms with E-state index in [-0.39, 0.29) is 24.7 Å². The number of aliphatic hydroxyl groups is 1. The molecule has 0 spiro atoms. The minimum Gasteiger partial charge on any atom is -0.392 e. The maximum absolute atomic E-state index is 12.5. The van der Waals surface area contributed by atoms with Crippen LogP contribution in [0.25, 0.3) is 0 Å². The second kappa shape index (κ2) is 11.8. The summed E-state index contributed by atoms with van der Waals surface area (Å²) in [5.74, 6) is -0.137. The molecular formula is C30H34N2O4. The number of carbonyl (C=O) groups is 1. The van der Waals surface area contributed by atoms with Gasteiger partial charge in [-0.1, -0.05) is 61.0 Å². The highest BCUT2D eigenvalue weighted by atomic mass is 16.7. The molecule has 2 saturated heterocycles. The lowest BCUT2D eigenvalue weighted by molar-refractivity contribution is -0.253. The van der Waals surface area contributed by atoms with Crippen molar-refractivity contribution in [2.45, 2.75) is 50.8 Å². The van der Waals surface area contributed by atoms with E-state index in [0.717, 1.165) is 48.4 Å². The van der Waals surface area contributed by atoms with Crippen molar-refractivity contribution in [1.29, 1.82) is 0 Å². The summed E-state index contributed by atoms with van der Waals surface area (Å²) in [7, 11) is 0. The Bertz CT molecular complexity index is 1110. The standard InChI is InChI=1S/C30H34N2O4/c33-21-22-9-11-23(12-10-22)28-19-27(20-32-17-5-2-6-18-32)35-30(36-28)25-13-15-26(16-14-25)31-29(34)24-7-3-1-4-8-24/h1,3-4,7-16,27-28,30,33H,2,5-6,17-21H2,(H,31,34). The number of nitrogens with zero attached hydrogens (tertiary/aromatic N) is 1. The molecule has 0 aromatic heterocycles. The molecule has 0 bridgehead atoms. The monoisotopic (exact) mass is 486 g/mol. The van der Waals surface area contributed by atoms with Gasteiger partial charge in [0, 0.05) is 29.8 Å². The van der Waals surface area contributed by atoms with Crippen LogP contribution in [0.3, 0.4) is 0 Å². The molecule has 188 valence electrons. The predicted octanol–water partition coefficient (Wildman–Crippen LogP) is 5.46. The summed E-state index contributed by atoms with van der Waals surface area (Å²) in [5.41, 5.74) is 4.25. The number of piperidine rings is 1. The normalized spacial score (nSPS) is 22.8. The van der Waals surface area contributed by atoms with Crippen molar-refractivity contribution in [3.63, 3.8) is 0 Å². The van der Waals surface area contributed by atoms with Gasteiger partial charge in [-0.15, -0.1) is 0 Å². The number of nitrogens with one attached hydrogen (secondary N) is 1. The van der Waals surface area contributed by atoms with Crippen LogP contribution >= 0.6 is 0 Å². The molecule has 2 fully saturated rings. The van der Waals surface area contributed by atoms with Crippen molar-refractivity contribution in [3.05, 3.63) is 101 Å². The highest BCUT2D eigenvalue weighted by Gasteiger charge is 2.33. The van der Waals surface area contributed by atoms with Crippen LogP contribution in [-0.4, -0.2) is 41.7 Å². The molecule has 6 nitrogen and oxygen atoms in total. The van der Waals surface area contributed by atoms with Gasteiger partial charge in [-0.25, -0.2) is 0 Å². The molecule has 6 heteroatoms. The van der Waals surface area contributed by atoms with Gasteiger partial charge in [0.25, 0.3) is 5.91 Å². The number of amides is 1. The zero-order valence-corrected chi connectivity index (χ0v) is 20.5. The van der Waals surface area contributed by atoms with Gasteiger partial charge in [0.15, 0.2) is 6.29 Å². The van der Waals surface area contributed by atoms with Gasteiger partial charge >= 0.3 is 0 Å². The number of likely N-dealkylation sites (tertiary alicyclic amines) is 1. The quantitative estimate of drug-likeness (QED) is 0.464. The average Bonchev–Trinajstić information content (AvgIpc) is 2.94. The predicted molar refractivity (Wildman–Crippen MR) is 140 cm³/mol. The van der Waals surface area contributed by atoms with Gasteiger partial charge in [0.2, 0.25) is 0 Å². The fourth-order valence-corrected chi connectivity index (χ4v) is 4.98. The smallest absolute Gasteiger partial charge is 0.255 e. The molecule has 2 N–H and O–H groups in total. The fraction of sp³-hybridized carbons (Fsp3) is 0.367. The summed E-state index contributed by atoms with van der Waals surface area (Å²) in [6, 6.07) is 24.9. The molecule has 0 radical (unpaired) electrons. The van der Waals surface area contributed by atoms with Crippen molar-refractivity contribution in [2.24, 2.45) is 0 Å². The van der Waals surface area contributed by atoms with E-state index in [2.05, 4.69) is 10.2 Å². The molecule has 1 amide bonds. The molecule has 5 rings (SSSR count). The average molecular weight is 487 g/mol. The van der Waals surface area contributed by atoms with E-state index >= 15 is 0 Å². The number of aliphatic hydroxyl groups excluding tert-OH is 1. The topological polar surface area (TPSA) is 71.0 Å². The number of ether oxygens (including phenoxy) is 2. The van der Waals surface area contributed by atoms with Crippen molar-refractivity contribution in [2.75, 3.05) is 25.0 Å². The van der Waals surface area contributed by atoms with Gasteiger partial charge < -0.3 is 24.8 Å². The van der Waals surface area contributed by atoms with E-state index in [1.54, 1.807) is 12.1 Å². The summed E-state index contributed by atoms with van der Waals surface area (Å²) in [4.78, 5) is 15.0. The summed E-state index contributed by atoms with van der Waals surface area (Å²) in [6.45, 7) is 3.17. The van der Waals surface area contributed by atoms with Crippen molar-refractivity contribution < 1.29 is 19.4 Å². The van der Waals surface area contributed by atoms with Crippen LogP contribution in [0.4, 0.5) is 5.69 Å². The van der Waals surface area contributed by atoms with E-state index in [1.807, 2.05) is 66.7 Å². The third-order valence-corrected chi connectivity index (χ3v) is 7.00. The number of hydrogen-bond acceptors (Lipinski definition) is 5. The fourth-order valence-electron chi connectivity index (χ4n) is 4.98. The number of carbonyl (C=O) groups excluding carboxylic acids is 1. The molecule has 3 atom stereocenters. The van der Waals surface area contributed by atoms with Crippen LogP contribution < -0.4 is 5.32 Å². The Kier molecular flexibility index (Phi) is 8.08. The first-order valence-electron chi connectivity index (χ1n) is 12.9. The lowest BCUT2D eigenvalue weighted by Gasteiger charge is -2.39. The Morgan fingerprint density at radius 2 is 1.56 bits per heavy atom. The van der Waals surface area contributed by atoms with Gasteiger partial charge in [-0.2, -0.15) is 0 Å². The molecule has 2 aliphatic heterocycles. The highest BCUT2D eigenvalue weighted by molar-refractivity contribution is 6.04. The van der Waals surface area contributed by atoms with Crippen molar-refractivity contribution >= 4 is 11.6 Å². The van der Waals surface area contributed by atoms with E-state index in [1.165, 1.54) is 19.3 Å². The van der Waals surface area contributed by atoms with Gasteiger partial charge in [0.05, 0.1) is 18.8 Å². The Labute approximate surface area is 212 Å². The number of anilines is 1. The lowest BCUT2D eigenvalue weighted by Crippen LogP contribution is -2.41. The SMILES string of the molecule is O=C(Nc1ccc(C2OC(CN3CCCCC3)CC(c3ccc(CO)cc3)O2)cc1)c1ccccc1. The highest BCUT2D eigenvalue weighted by Crippen LogP contribution is 2.38. The molecule has 2 heterocycles. The number of rotatable bonds is 7. The molecule has 36 heavy (non-hydrogen) atoms.